The standard InChI is InChI=1S/C17H26N4O3/c1-17(2,3)24-16(23)21-10-6-5-7-13(21)12-20(4)15(22)14-11-18-8-9-19-14/h8-9,11,13H,5-7,10,12H2,1-4H3. The number of rotatable bonds is 3. The zero-order chi connectivity index (χ0) is 17.7. The van der Waals surface area contributed by atoms with Gasteiger partial charge in [-0.1, -0.05) is 0 Å². The third kappa shape index (κ3) is 4.91. The third-order valence-corrected chi connectivity index (χ3v) is 3.87. The van der Waals surface area contributed by atoms with Crippen LogP contribution in [-0.4, -0.2) is 63.5 Å². The summed E-state index contributed by atoms with van der Waals surface area (Å²) >= 11 is 0. The molecule has 0 saturated carbocycles. The molecule has 0 aromatic carbocycles. The Balaban J connectivity index is 2.02. The lowest BCUT2D eigenvalue weighted by Gasteiger charge is -2.38. The maximum atomic E-state index is 12.4. The largest absolute Gasteiger partial charge is 0.444 e. The van der Waals surface area contributed by atoms with Gasteiger partial charge in [0, 0.05) is 32.5 Å². The van der Waals surface area contributed by atoms with Gasteiger partial charge in [-0.25, -0.2) is 9.78 Å². The average molecular weight is 334 g/mol. The lowest BCUT2D eigenvalue weighted by molar-refractivity contribution is 0.00601. The average Bonchev–Trinajstić information content (AvgIpc) is 2.53. The van der Waals surface area contributed by atoms with E-state index < -0.39 is 5.60 Å². The summed E-state index contributed by atoms with van der Waals surface area (Å²) < 4.78 is 5.50. The minimum atomic E-state index is -0.527. The number of aromatic nitrogens is 2. The van der Waals surface area contributed by atoms with E-state index in [4.69, 9.17) is 4.74 Å². The number of likely N-dealkylation sites (N-methyl/N-ethyl adjacent to an activating group) is 1. The van der Waals surface area contributed by atoms with Crippen molar-refractivity contribution in [1.82, 2.24) is 19.8 Å². The molecule has 2 rings (SSSR count). The summed E-state index contributed by atoms with van der Waals surface area (Å²) in [4.78, 5) is 36.1. The molecule has 1 aliphatic heterocycles. The van der Waals surface area contributed by atoms with E-state index in [-0.39, 0.29) is 18.0 Å². The second-order valence-corrected chi connectivity index (χ2v) is 7.10. The number of amides is 2. The highest BCUT2D eigenvalue weighted by atomic mass is 16.6. The van der Waals surface area contributed by atoms with Crippen LogP contribution in [0.5, 0.6) is 0 Å². The van der Waals surface area contributed by atoms with Gasteiger partial charge in [-0.2, -0.15) is 0 Å². The maximum Gasteiger partial charge on any atom is 0.410 e. The van der Waals surface area contributed by atoms with Crippen molar-refractivity contribution >= 4 is 12.0 Å². The number of hydrogen-bond donors (Lipinski definition) is 0. The summed E-state index contributed by atoms with van der Waals surface area (Å²) in [5.41, 5.74) is -0.222. The summed E-state index contributed by atoms with van der Waals surface area (Å²) in [5, 5.41) is 0. The molecule has 1 unspecified atom stereocenters. The SMILES string of the molecule is CN(CC1CCCCN1C(=O)OC(C)(C)C)C(=O)c1cnccn1. The molecule has 1 aromatic rings. The predicted octanol–water partition coefficient (Wildman–Crippen LogP) is 2.34. The Labute approximate surface area is 143 Å². The van der Waals surface area contributed by atoms with Crippen LogP contribution in [0.1, 0.15) is 50.5 Å². The van der Waals surface area contributed by atoms with Crippen molar-refractivity contribution in [3.05, 3.63) is 24.3 Å². The van der Waals surface area contributed by atoms with Crippen molar-refractivity contribution < 1.29 is 14.3 Å². The first-order valence-corrected chi connectivity index (χ1v) is 8.29. The van der Waals surface area contributed by atoms with Crippen molar-refractivity contribution in [2.75, 3.05) is 20.1 Å². The minimum absolute atomic E-state index is 0.0424. The van der Waals surface area contributed by atoms with E-state index >= 15 is 0 Å². The Morgan fingerprint density at radius 2 is 2.08 bits per heavy atom. The highest BCUT2D eigenvalue weighted by molar-refractivity contribution is 5.91. The minimum Gasteiger partial charge on any atom is -0.444 e. The highest BCUT2D eigenvalue weighted by Gasteiger charge is 2.32. The number of piperidine rings is 1. The van der Waals surface area contributed by atoms with Gasteiger partial charge < -0.3 is 14.5 Å². The van der Waals surface area contributed by atoms with Crippen LogP contribution in [0.15, 0.2) is 18.6 Å². The number of hydrogen-bond acceptors (Lipinski definition) is 5. The van der Waals surface area contributed by atoms with Gasteiger partial charge in [-0.05, 0) is 40.0 Å². The fourth-order valence-electron chi connectivity index (χ4n) is 2.76. The molecule has 24 heavy (non-hydrogen) atoms. The van der Waals surface area contributed by atoms with E-state index in [0.29, 0.717) is 18.8 Å². The van der Waals surface area contributed by atoms with Crippen molar-refractivity contribution in [3.8, 4) is 0 Å². The van der Waals surface area contributed by atoms with Gasteiger partial charge in [-0.3, -0.25) is 9.78 Å². The topological polar surface area (TPSA) is 75.6 Å². The van der Waals surface area contributed by atoms with Crippen LogP contribution in [0.3, 0.4) is 0 Å². The molecule has 7 heteroatoms. The highest BCUT2D eigenvalue weighted by Crippen LogP contribution is 2.21. The van der Waals surface area contributed by atoms with E-state index in [2.05, 4.69) is 9.97 Å². The molecule has 0 aliphatic carbocycles. The quantitative estimate of drug-likeness (QED) is 0.848. The molecule has 1 fully saturated rings. The van der Waals surface area contributed by atoms with E-state index in [9.17, 15) is 9.59 Å². The fraction of sp³-hybridized carbons (Fsp3) is 0.647. The molecule has 132 valence electrons. The van der Waals surface area contributed by atoms with Crippen LogP contribution >= 0.6 is 0 Å². The smallest absolute Gasteiger partial charge is 0.410 e. The molecule has 1 aromatic heterocycles. The summed E-state index contributed by atoms with van der Waals surface area (Å²) in [5.74, 6) is -0.196. The zero-order valence-electron chi connectivity index (χ0n) is 14.9. The lowest BCUT2D eigenvalue weighted by atomic mass is 10.0. The van der Waals surface area contributed by atoms with Crippen LogP contribution in [0.4, 0.5) is 4.79 Å². The Hall–Kier alpha value is -2.18. The normalized spacial score (nSPS) is 18.2. The molecule has 1 atom stereocenters. The van der Waals surface area contributed by atoms with Gasteiger partial charge >= 0.3 is 6.09 Å². The van der Waals surface area contributed by atoms with Crippen LogP contribution in [-0.2, 0) is 4.74 Å². The van der Waals surface area contributed by atoms with Crippen molar-refractivity contribution in [3.63, 3.8) is 0 Å². The Bertz CT molecular complexity index is 571. The summed E-state index contributed by atoms with van der Waals surface area (Å²) in [6, 6.07) is -0.0424. The summed E-state index contributed by atoms with van der Waals surface area (Å²) in [7, 11) is 1.72. The molecular formula is C17H26N4O3. The van der Waals surface area contributed by atoms with Gasteiger partial charge in [0.25, 0.3) is 5.91 Å². The molecule has 1 saturated heterocycles. The zero-order valence-corrected chi connectivity index (χ0v) is 14.9. The van der Waals surface area contributed by atoms with Crippen molar-refractivity contribution in [2.24, 2.45) is 0 Å². The number of likely N-dealkylation sites (tertiary alicyclic amines) is 1. The molecule has 2 heterocycles. The van der Waals surface area contributed by atoms with E-state index in [1.165, 1.54) is 18.6 Å². The first-order valence-electron chi connectivity index (χ1n) is 8.29. The number of nitrogens with zero attached hydrogens (tertiary/aromatic N) is 4. The predicted molar refractivity (Wildman–Crippen MR) is 89.6 cm³/mol. The molecule has 7 nitrogen and oxygen atoms in total. The first-order chi connectivity index (χ1) is 11.3. The Kier molecular flexibility index (Phi) is 5.75. The van der Waals surface area contributed by atoms with Crippen molar-refractivity contribution in [1.29, 1.82) is 0 Å². The van der Waals surface area contributed by atoms with E-state index in [1.54, 1.807) is 16.8 Å². The van der Waals surface area contributed by atoms with Crippen LogP contribution in [0, 0.1) is 0 Å². The molecule has 2 amide bonds. The number of carbonyl (C=O) groups is 2. The van der Waals surface area contributed by atoms with Gasteiger partial charge in [0.15, 0.2) is 0 Å². The first kappa shape index (κ1) is 18.2. The second-order valence-electron chi connectivity index (χ2n) is 7.10. The van der Waals surface area contributed by atoms with E-state index in [1.807, 2.05) is 20.8 Å². The summed E-state index contributed by atoms with van der Waals surface area (Å²) in [6.45, 7) is 6.68. The molecule has 0 N–H and O–H groups in total. The Morgan fingerprint density at radius 1 is 1.33 bits per heavy atom. The molecule has 1 aliphatic rings. The van der Waals surface area contributed by atoms with Crippen LogP contribution in [0.2, 0.25) is 0 Å². The maximum absolute atomic E-state index is 12.4. The molecule has 0 spiro atoms. The van der Waals surface area contributed by atoms with Crippen LogP contribution < -0.4 is 0 Å². The molecular weight excluding hydrogens is 308 g/mol. The van der Waals surface area contributed by atoms with Gasteiger partial charge in [-0.15, -0.1) is 0 Å². The van der Waals surface area contributed by atoms with E-state index in [0.717, 1.165) is 19.3 Å². The number of carbonyl (C=O) groups excluding carboxylic acids is 2. The second kappa shape index (κ2) is 7.59. The summed E-state index contributed by atoms with van der Waals surface area (Å²) in [6.07, 6.45) is 7.02. The van der Waals surface area contributed by atoms with Crippen LogP contribution in [0.25, 0.3) is 0 Å². The number of ether oxygens (including phenoxy) is 1. The monoisotopic (exact) mass is 334 g/mol. The third-order valence-electron chi connectivity index (χ3n) is 3.87. The van der Waals surface area contributed by atoms with Gasteiger partial charge in [0.2, 0.25) is 0 Å². The van der Waals surface area contributed by atoms with Crippen molar-refractivity contribution in [2.45, 2.75) is 51.7 Å². The molecule has 0 bridgehead atoms. The molecule has 0 radical (unpaired) electrons. The van der Waals surface area contributed by atoms with Gasteiger partial charge in [0.05, 0.1) is 12.2 Å². The lowest BCUT2D eigenvalue weighted by Crippen LogP contribution is -2.51. The Morgan fingerprint density at radius 3 is 2.71 bits per heavy atom. The fourth-order valence-corrected chi connectivity index (χ4v) is 2.76. The van der Waals surface area contributed by atoms with Gasteiger partial charge in [0.1, 0.15) is 11.3 Å².